The highest BCUT2D eigenvalue weighted by atomic mass is 79.9. The zero-order valence-electron chi connectivity index (χ0n) is 11.4. The van der Waals surface area contributed by atoms with Gasteiger partial charge in [-0.25, -0.2) is 4.98 Å². The Morgan fingerprint density at radius 1 is 1.24 bits per heavy atom. The first-order chi connectivity index (χ1) is 10.2. The Balaban J connectivity index is 1.92. The molecule has 0 aliphatic rings. The maximum absolute atomic E-state index is 6.37. The Morgan fingerprint density at radius 3 is 2.81 bits per heavy atom. The number of halogens is 2. The molecule has 108 valence electrons. The topological polar surface area (TPSA) is 38.1 Å². The van der Waals surface area contributed by atoms with E-state index in [2.05, 4.69) is 26.2 Å². The summed E-state index contributed by atoms with van der Waals surface area (Å²) >= 11 is 9.83. The first kappa shape index (κ1) is 14.6. The number of aromatic nitrogens is 1. The van der Waals surface area contributed by atoms with E-state index in [0.29, 0.717) is 17.3 Å². The summed E-state index contributed by atoms with van der Waals surface area (Å²) in [5, 5.41) is 3.99. The average molecular weight is 366 g/mol. The highest BCUT2D eigenvalue weighted by Gasteiger charge is 2.18. The second-order valence-corrected chi connectivity index (χ2v) is 6.00. The van der Waals surface area contributed by atoms with Crippen LogP contribution in [-0.2, 0) is 6.42 Å². The summed E-state index contributed by atoms with van der Waals surface area (Å²) in [6.45, 7) is 0. The average Bonchev–Trinajstić information content (AvgIpc) is 2.90. The molecule has 3 nitrogen and oxygen atoms in total. The van der Waals surface area contributed by atoms with E-state index < -0.39 is 0 Å². The normalized spacial score (nSPS) is 12.7. The number of likely N-dealkylation sites (N-methyl/N-ethyl adjacent to an activating group) is 1. The highest BCUT2D eigenvalue weighted by molar-refractivity contribution is 9.10. The van der Waals surface area contributed by atoms with Crippen LogP contribution in [0.5, 0.6) is 0 Å². The Hall–Kier alpha value is -1.36. The molecule has 0 saturated heterocycles. The lowest BCUT2D eigenvalue weighted by atomic mass is 10.0. The standard InChI is InChI=1S/C16H14BrClN2O/c1-19-13(10-5-4-6-11(17)16(10)18)9-15-20-12-7-2-3-8-14(12)21-15/h2-8,13,19H,9H2,1H3. The van der Waals surface area contributed by atoms with Crippen LogP contribution in [0, 0.1) is 0 Å². The molecule has 1 unspecified atom stereocenters. The van der Waals surface area contributed by atoms with Crippen molar-refractivity contribution in [2.75, 3.05) is 7.05 Å². The van der Waals surface area contributed by atoms with Gasteiger partial charge in [0.05, 0.1) is 5.02 Å². The summed E-state index contributed by atoms with van der Waals surface area (Å²) in [6, 6.07) is 13.7. The van der Waals surface area contributed by atoms with Crippen molar-refractivity contribution in [2.24, 2.45) is 0 Å². The maximum Gasteiger partial charge on any atom is 0.197 e. The van der Waals surface area contributed by atoms with Gasteiger partial charge in [-0.1, -0.05) is 35.9 Å². The number of benzene rings is 2. The van der Waals surface area contributed by atoms with E-state index in [1.54, 1.807) is 0 Å². The fraction of sp³-hybridized carbons (Fsp3) is 0.188. The lowest BCUT2D eigenvalue weighted by Gasteiger charge is -2.17. The van der Waals surface area contributed by atoms with Gasteiger partial charge in [0.2, 0.25) is 0 Å². The molecule has 3 rings (SSSR count). The summed E-state index contributed by atoms with van der Waals surface area (Å²) in [7, 11) is 1.91. The minimum atomic E-state index is 0.0445. The third-order valence-corrected chi connectivity index (χ3v) is 4.73. The van der Waals surface area contributed by atoms with Crippen molar-refractivity contribution in [1.82, 2.24) is 10.3 Å². The van der Waals surface area contributed by atoms with Gasteiger partial charge in [-0.05, 0) is 46.7 Å². The number of nitrogens with one attached hydrogen (secondary N) is 1. The molecule has 0 saturated carbocycles. The molecule has 3 aromatic rings. The van der Waals surface area contributed by atoms with Crippen LogP contribution in [0.4, 0.5) is 0 Å². The van der Waals surface area contributed by atoms with E-state index in [-0.39, 0.29) is 6.04 Å². The number of hydrogen-bond donors (Lipinski definition) is 1. The van der Waals surface area contributed by atoms with E-state index in [1.165, 1.54) is 0 Å². The van der Waals surface area contributed by atoms with E-state index in [0.717, 1.165) is 21.1 Å². The van der Waals surface area contributed by atoms with Gasteiger partial charge in [0.15, 0.2) is 11.5 Å². The number of hydrogen-bond acceptors (Lipinski definition) is 3. The number of rotatable bonds is 4. The summed E-state index contributed by atoms with van der Waals surface area (Å²) < 4.78 is 6.67. The van der Waals surface area contributed by atoms with Crippen molar-refractivity contribution in [3.8, 4) is 0 Å². The van der Waals surface area contributed by atoms with Crippen LogP contribution in [0.25, 0.3) is 11.1 Å². The molecule has 1 aromatic heterocycles. The molecule has 5 heteroatoms. The van der Waals surface area contributed by atoms with Crippen LogP contribution in [-0.4, -0.2) is 12.0 Å². The van der Waals surface area contributed by atoms with Gasteiger partial charge in [0.25, 0.3) is 0 Å². The van der Waals surface area contributed by atoms with Crippen LogP contribution < -0.4 is 5.32 Å². The second kappa shape index (κ2) is 6.18. The SMILES string of the molecule is CNC(Cc1nc2ccccc2o1)c1cccc(Br)c1Cl. The van der Waals surface area contributed by atoms with Crippen molar-refractivity contribution in [1.29, 1.82) is 0 Å². The third kappa shape index (κ3) is 2.98. The van der Waals surface area contributed by atoms with E-state index in [4.69, 9.17) is 16.0 Å². The first-order valence-electron chi connectivity index (χ1n) is 6.64. The third-order valence-electron chi connectivity index (χ3n) is 3.42. The first-order valence-corrected chi connectivity index (χ1v) is 7.81. The van der Waals surface area contributed by atoms with Crippen LogP contribution in [0.2, 0.25) is 5.02 Å². The van der Waals surface area contributed by atoms with Gasteiger partial charge in [-0.15, -0.1) is 0 Å². The number of oxazole rings is 1. The number of nitrogens with zero attached hydrogens (tertiary/aromatic N) is 1. The number of para-hydroxylation sites is 2. The zero-order valence-corrected chi connectivity index (χ0v) is 13.8. The molecular formula is C16H14BrClN2O. The molecule has 0 aliphatic carbocycles. The predicted molar refractivity (Wildman–Crippen MR) is 88.7 cm³/mol. The van der Waals surface area contributed by atoms with Crippen LogP contribution >= 0.6 is 27.5 Å². The Kier molecular flexibility index (Phi) is 4.29. The summed E-state index contributed by atoms with van der Waals surface area (Å²) in [5.41, 5.74) is 2.71. The quantitative estimate of drug-likeness (QED) is 0.725. The Bertz CT molecular complexity index is 739. The fourth-order valence-electron chi connectivity index (χ4n) is 2.34. The van der Waals surface area contributed by atoms with Gasteiger partial charge in [0, 0.05) is 16.9 Å². The second-order valence-electron chi connectivity index (χ2n) is 4.76. The Labute approximate surface area is 136 Å². The van der Waals surface area contributed by atoms with Gasteiger partial charge >= 0.3 is 0 Å². The molecule has 0 radical (unpaired) electrons. The van der Waals surface area contributed by atoms with Gasteiger partial charge in [0.1, 0.15) is 5.52 Å². The minimum Gasteiger partial charge on any atom is -0.441 e. The van der Waals surface area contributed by atoms with Crippen molar-refractivity contribution in [3.63, 3.8) is 0 Å². The number of fused-ring (bicyclic) bond motifs is 1. The lowest BCUT2D eigenvalue weighted by Crippen LogP contribution is -2.19. The molecule has 0 fully saturated rings. The van der Waals surface area contributed by atoms with Crippen molar-refractivity contribution < 1.29 is 4.42 Å². The molecule has 0 bridgehead atoms. The smallest absolute Gasteiger partial charge is 0.197 e. The molecule has 0 aliphatic heterocycles. The molecule has 1 N–H and O–H groups in total. The zero-order chi connectivity index (χ0) is 14.8. The highest BCUT2D eigenvalue weighted by Crippen LogP contribution is 2.32. The van der Waals surface area contributed by atoms with Gasteiger partial charge in [-0.2, -0.15) is 0 Å². The predicted octanol–water partition coefficient (Wildman–Crippen LogP) is 4.75. The van der Waals surface area contributed by atoms with Gasteiger partial charge < -0.3 is 9.73 Å². The van der Waals surface area contributed by atoms with E-state index in [1.807, 2.05) is 49.5 Å². The van der Waals surface area contributed by atoms with Crippen molar-refractivity contribution in [3.05, 3.63) is 63.4 Å². The fourth-order valence-corrected chi connectivity index (χ4v) is 2.98. The largest absolute Gasteiger partial charge is 0.441 e. The van der Waals surface area contributed by atoms with Gasteiger partial charge in [-0.3, -0.25) is 0 Å². The van der Waals surface area contributed by atoms with E-state index in [9.17, 15) is 0 Å². The van der Waals surface area contributed by atoms with Crippen molar-refractivity contribution in [2.45, 2.75) is 12.5 Å². The molecule has 0 amide bonds. The molecule has 1 atom stereocenters. The monoisotopic (exact) mass is 364 g/mol. The van der Waals surface area contributed by atoms with Crippen molar-refractivity contribution >= 4 is 38.6 Å². The maximum atomic E-state index is 6.37. The van der Waals surface area contributed by atoms with Crippen LogP contribution in [0.1, 0.15) is 17.5 Å². The molecule has 21 heavy (non-hydrogen) atoms. The van der Waals surface area contributed by atoms with Crippen LogP contribution in [0.3, 0.4) is 0 Å². The minimum absolute atomic E-state index is 0.0445. The molecule has 2 aromatic carbocycles. The molecular weight excluding hydrogens is 352 g/mol. The van der Waals surface area contributed by atoms with Crippen LogP contribution in [0.15, 0.2) is 51.4 Å². The summed E-state index contributed by atoms with van der Waals surface area (Å²) in [4.78, 5) is 4.52. The Morgan fingerprint density at radius 2 is 2.05 bits per heavy atom. The summed E-state index contributed by atoms with van der Waals surface area (Å²) in [6.07, 6.45) is 0.640. The lowest BCUT2D eigenvalue weighted by molar-refractivity contribution is 0.474. The molecule has 0 spiro atoms. The molecule has 1 heterocycles. The summed E-state index contributed by atoms with van der Waals surface area (Å²) in [5.74, 6) is 0.701. The van der Waals surface area contributed by atoms with E-state index >= 15 is 0 Å².